The van der Waals surface area contributed by atoms with Crippen LogP contribution >= 0.6 is 0 Å². The minimum atomic E-state index is 0.272. The number of aromatic nitrogens is 1. The Morgan fingerprint density at radius 3 is 2.33 bits per heavy atom. The van der Waals surface area contributed by atoms with Gasteiger partial charge in [0.2, 0.25) is 0 Å². The molecule has 0 fully saturated rings. The van der Waals surface area contributed by atoms with E-state index in [0.717, 1.165) is 12.8 Å². The van der Waals surface area contributed by atoms with Crippen LogP contribution in [0.1, 0.15) is 31.4 Å². The van der Waals surface area contributed by atoms with Gasteiger partial charge in [-0.3, -0.25) is 4.98 Å². The van der Waals surface area contributed by atoms with Crippen LogP contribution in [0.3, 0.4) is 0 Å². The summed E-state index contributed by atoms with van der Waals surface area (Å²) in [6, 6.07) is 4.87. The maximum absolute atomic E-state index is 5.79. The first-order valence-corrected chi connectivity index (χ1v) is 5.43. The topological polar surface area (TPSA) is 42.1 Å². The third-order valence-corrected chi connectivity index (χ3v) is 2.61. The van der Waals surface area contributed by atoms with Gasteiger partial charge < -0.3 is 10.6 Å². The molecule has 1 heterocycles. The fourth-order valence-corrected chi connectivity index (χ4v) is 1.73. The molecule has 0 aromatic carbocycles. The standard InChI is InChI=1S/C12H21N3/c1-10(13)4-5-12(15(2)3)11-6-8-14-9-7-11/h6-10,12H,4-5,13H2,1-3H3. The van der Waals surface area contributed by atoms with Crippen molar-refractivity contribution in [2.75, 3.05) is 14.1 Å². The van der Waals surface area contributed by atoms with Crippen molar-refractivity contribution in [2.45, 2.75) is 31.8 Å². The summed E-state index contributed by atoms with van der Waals surface area (Å²) in [5.41, 5.74) is 7.10. The predicted octanol–water partition coefficient (Wildman–Crippen LogP) is 1.81. The minimum absolute atomic E-state index is 0.272. The van der Waals surface area contributed by atoms with E-state index in [9.17, 15) is 0 Å². The first kappa shape index (κ1) is 12.1. The van der Waals surface area contributed by atoms with Gasteiger partial charge in [0.15, 0.2) is 0 Å². The minimum Gasteiger partial charge on any atom is -0.328 e. The zero-order valence-electron chi connectivity index (χ0n) is 9.85. The predicted molar refractivity (Wildman–Crippen MR) is 63.5 cm³/mol. The lowest BCUT2D eigenvalue weighted by Gasteiger charge is -2.25. The number of hydrogen-bond acceptors (Lipinski definition) is 3. The molecule has 1 aromatic rings. The molecule has 0 radical (unpaired) electrons. The largest absolute Gasteiger partial charge is 0.328 e. The molecule has 3 heteroatoms. The molecule has 3 nitrogen and oxygen atoms in total. The van der Waals surface area contributed by atoms with Gasteiger partial charge in [-0.2, -0.15) is 0 Å². The van der Waals surface area contributed by atoms with Gasteiger partial charge in [0, 0.05) is 24.5 Å². The zero-order valence-corrected chi connectivity index (χ0v) is 9.85. The number of nitrogens with two attached hydrogens (primary N) is 1. The second-order valence-electron chi connectivity index (χ2n) is 4.31. The number of hydrogen-bond donors (Lipinski definition) is 1. The second-order valence-corrected chi connectivity index (χ2v) is 4.31. The normalized spacial score (nSPS) is 15.3. The van der Waals surface area contributed by atoms with E-state index in [1.54, 1.807) is 0 Å². The smallest absolute Gasteiger partial charge is 0.0343 e. The highest BCUT2D eigenvalue weighted by molar-refractivity contribution is 5.14. The Labute approximate surface area is 92.3 Å². The first-order chi connectivity index (χ1) is 7.11. The van der Waals surface area contributed by atoms with Gasteiger partial charge in [-0.15, -0.1) is 0 Å². The van der Waals surface area contributed by atoms with Crippen LogP contribution in [-0.4, -0.2) is 30.0 Å². The van der Waals surface area contributed by atoms with Crippen LogP contribution in [0.25, 0.3) is 0 Å². The van der Waals surface area contributed by atoms with E-state index in [1.807, 2.05) is 12.4 Å². The maximum atomic E-state index is 5.79. The third-order valence-electron chi connectivity index (χ3n) is 2.61. The SMILES string of the molecule is CC(N)CCC(c1ccncc1)N(C)C. The van der Waals surface area contributed by atoms with E-state index in [4.69, 9.17) is 5.73 Å². The maximum Gasteiger partial charge on any atom is 0.0343 e. The van der Waals surface area contributed by atoms with Crippen molar-refractivity contribution in [3.05, 3.63) is 30.1 Å². The summed E-state index contributed by atoms with van der Waals surface area (Å²) in [6.45, 7) is 2.05. The summed E-state index contributed by atoms with van der Waals surface area (Å²) in [4.78, 5) is 6.27. The first-order valence-electron chi connectivity index (χ1n) is 5.43. The average Bonchev–Trinajstić information content (AvgIpc) is 2.18. The fraction of sp³-hybridized carbons (Fsp3) is 0.583. The van der Waals surface area contributed by atoms with Crippen molar-refractivity contribution in [2.24, 2.45) is 5.73 Å². The van der Waals surface area contributed by atoms with Crippen LogP contribution < -0.4 is 5.73 Å². The Kier molecular flexibility index (Phi) is 4.72. The Bertz CT molecular complexity index is 269. The molecule has 1 aromatic heterocycles. The van der Waals surface area contributed by atoms with Gasteiger partial charge in [-0.1, -0.05) is 0 Å². The Balaban J connectivity index is 2.66. The lowest BCUT2D eigenvalue weighted by Crippen LogP contribution is -2.23. The van der Waals surface area contributed by atoms with E-state index in [2.05, 4.69) is 43.0 Å². The Morgan fingerprint density at radius 2 is 1.87 bits per heavy atom. The van der Waals surface area contributed by atoms with Crippen LogP contribution in [-0.2, 0) is 0 Å². The van der Waals surface area contributed by atoms with Crippen LogP contribution in [0.15, 0.2) is 24.5 Å². The molecule has 84 valence electrons. The monoisotopic (exact) mass is 207 g/mol. The second kappa shape index (κ2) is 5.83. The Hall–Kier alpha value is -0.930. The van der Waals surface area contributed by atoms with E-state index in [1.165, 1.54) is 5.56 Å². The quantitative estimate of drug-likeness (QED) is 0.800. The average molecular weight is 207 g/mol. The van der Waals surface area contributed by atoms with Gasteiger partial charge in [-0.05, 0) is 51.6 Å². The molecule has 2 atom stereocenters. The molecule has 0 aliphatic rings. The highest BCUT2D eigenvalue weighted by Crippen LogP contribution is 2.22. The van der Waals surface area contributed by atoms with E-state index in [-0.39, 0.29) is 6.04 Å². The van der Waals surface area contributed by atoms with Gasteiger partial charge >= 0.3 is 0 Å². The van der Waals surface area contributed by atoms with E-state index >= 15 is 0 Å². The molecule has 1 rings (SSSR count). The molecule has 0 amide bonds. The molecule has 0 spiro atoms. The van der Waals surface area contributed by atoms with Gasteiger partial charge in [0.25, 0.3) is 0 Å². The summed E-state index contributed by atoms with van der Waals surface area (Å²) in [7, 11) is 4.21. The molecule has 2 unspecified atom stereocenters. The van der Waals surface area contributed by atoms with Crippen molar-refractivity contribution < 1.29 is 0 Å². The van der Waals surface area contributed by atoms with Crippen molar-refractivity contribution in [1.29, 1.82) is 0 Å². The highest BCUT2D eigenvalue weighted by Gasteiger charge is 2.13. The number of pyridine rings is 1. The van der Waals surface area contributed by atoms with Crippen molar-refractivity contribution in [3.63, 3.8) is 0 Å². The molecule has 0 aliphatic heterocycles. The van der Waals surface area contributed by atoms with Gasteiger partial charge in [0.05, 0.1) is 0 Å². The lowest BCUT2D eigenvalue weighted by molar-refractivity contribution is 0.274. The van der Waals surface area contributed by atoms with Crippen LogP contribution in [0, 0.1) is 0 Å². The van der Waals surface area contributed by atoms with E-state index < -0.39 is 0 Å². The van der Waals surface area contributed by atoms with Crippen LogP contribution in [0.2, 0.25) is 0 Å². The van der Waals surface area contributed by atoms with Gasteiger partial charge in [-0.25, -0.2) is 0 Å². The van der Waals surface area contributed by atoms with Crippen molar-refractivity contribution >= 4 is 0 Å². The van der Waals surface area contributed by atoms with Crippen molar-refractivity contribution in [3.8, 4) is 0 Å². The highest BCUT2D eigenvalue weighted by atomic mass is 15.1. The summed E-state index contributed by atoms with van der Waals surface area (Å²) in [5.74, 6) is 0. The molecular weight excluding hydrogens is 186 g/mol. The summed E-state index contributed by atoms with van der Waals surface area (Å²) in [5, 5.41) is 0. The molecule has 0 saturated heterocycles. The van der Waals surface area contributed by atoms with Crippen LogP contribution in [0.5, 0.6) is 0 Å². The lowest BCUT2D eigenvalue weighted by atomic mass is 10.0. The molecule has 2 N–H and O–H groups in total. The molecule has 0 saturated carbocycles. The third kappa shape index (κ3) is 3.98. The number of rotatable bonds is 5. The summed E-state index contributed by atoms with van der Waals surface area (Å²) < 4.78 is 0. The van der Waals surface area contributed by atoms with Crippen molar-refractivity contribution in [1.82, 2.24) is 9.88 Å². The molecule has 0 bridgehead atoms. The number of nitrogens with zero attached hydrogens (tertiary/aromatic N) is 2. The zero-order chi connectivity index (χ0) is 11.3. The fourth-order valence-electron chi connectivity index (χ4n) is 1.73. The molecule has 0 aliphatic carbocycles. The Morgan fingerprint density at radius 1 is 1.27 bits per heavy atom. The van der Waals surface area contributed by atoms with Crippen LogP contribution in [0.4, 0.5) is 0 Å². The summed E-state index contributed by atoms with van der Waals surface area (Å²) in [6.07, 6.45) is 5.83. The van der Waals surface area contributed by atoms with Gasteiger partial charge in [0.1, 0.15) is 0 Å². The molecule has 15 heavy (non-hydrogen) atoms. The van der Waals surface area contributed by atoms with E-state index in [0.29, 0.717) is 6.04 Å². The summed E-state index contributed by atoms with van der Waals surface area (Å²) >= 11 is 0. The molecular formula is C12H21N3.